The fourth-order valence-corrected chi connectivity index (χ4v) is 4.60. The molecule has 2 aliphatic rings. The van der Waals surface area contributed by atoms with E-state index in [2.05, 4.69) is 39.5 Å². The third-order valence-corrected chi connectivity index (χ3v) is 6.27. The first-order valence-corrected chi connectivity index (χ1v) is 11.4. The summed E-state index contributed by atoms with van der Waals surface area (Å²) in [5.41, 5.74) is 1.35. The maximum atomic E-state index is 8.91. The summed E-state index contributed by atoms with van der Waals surface area (Å²) in [6.45, 7) is 4.39. The molecule has 5 rings (SSSR count). The van der Waals surface area contributed by atoms with Crippen LogP contribution >= 0.6 is 0 Å². The summed E-state index contributed by atoms with van der Waals surface area (Å²) < 4.78 is 18.6. The molecule has 2 aliphatic heterocycles. The number of rotatable bonds is 6. The van der Waals surface area contributed by atoms with Crippen molar-refractivity contribution >= 4 is 5.82 Å². The summed E-state index contributed by atoms with van der Waals surface area (Å²) >= 11 is 0. The summed E-state index contributed by atoms with van der Waals surface area (Å²) in [5.74, 6) is 2.60. The molecule has 2 atom stereocenters. The molecule has 2 aromatic heterocycles. The van der Waals surface area contributed by atoms with Gasteiger partial charge in [-0.05, 0) is 37.1 Å². The van der Waals surface area contributed by atoms with E-state index in [-0.39, 0.29) is 11.7 Å². The maximum absolute atomic E-state index is 8.91. The number of nitriles is 1. The minimum Gasteiger partial charge on any atom is -0.460 e. The molecule has 0 unspecified atom stereocenters. The molecule has 3 aromatic rings. The number of hydrogen-bond donors (Lipinski definition) is 1. The van der Waals surface area contributed by atoms with Crippen molar-refractivity contribution in [1.82, 2.24) is 9.88 Å². The molecular formula is C26H28N4O3. The van der Waals surface area contributed by atoms with Crippen LogP contribution in [0.25, 0.3) is 11.3 Å². The molecule has 1 aromatic carbocycles. The second kappa shape index (κ2) is 9.75. The van der Waals surface area contributed by atoms with Crippen LogP contribution in [0.5, 0.6) is 0 Å². The fourth-order valence-electron chi connectivity index (χ4n) is 4.60. The van der Waals surface area contributed by atoms with Gasteiger partial charge in [0.05, 0.1) is 31.4 Å². The Morgan fingerprint density at radius 3 is 2.88 bits per heavy atom. The Balaban J connectivity index is 1.18. The van der Waals surface area contributed by atoms with Gasteiger partial charge in [-0.15, -0.1) is 0 Å². The van der Waals surface area contributed by atoms with E-state index in [9.17, 15) is 0 Å². The largest absolute Gasteiger partial charge is 0.460 e. The lowest BCUT2D eigenvalue weighted by Crippen LogP contribution is -2.44. The average molecular weight is 445 g/mol. The predicted molar refractivity (Wildman–Crippen MR) is 125 cm³/mol. The molecule has 2 fully saturated rings. The zero-order valence-corrected chi connectivity index (χ0v) is 18.6. The molecule has 0 saturated carbocycles. The summed E-state index contributed by atoms with van der Waals surface area (Å²) in [5, 5.41) is 12.2. The number of anilines is 1. The van der Waals surface area contributed by atoms with E-state index in [4.69, 9.17) is 19.2 Å². The molecule has 33 heavy (non-hydrogen) atoms. The van der Waals surface area contributed by atoms with E-state index in [0.717, 1.165) is 55.4 Å². The van der Waals surface area contributed by atoms with E-state index in [1.54, 1.807) is 12.3 Å². The zero-order chi connectivity index (χ0) is 22.5. The topological polar surface area (TPSA) is 83.5 Å². The lowest BCUT2D eigenvalue weighted by atomic mass is 10.00. The molecule has 7 heteroatoms. The number of furan rings is 1. The quantitative estimate of drug-likeness (QED) is 0.613. The Hall–Kier alpha value is -3.18. The van der Waals surface area contributed by atoms with E-state index in [1.807, 2.05) is 30.3 Å². The number of pyridine rings is 1. The first-order valence-electron chi connectivity index (χ1n) is 11.4. The van der Waals surface area contributed by atoms with Crippen molar-refractivity contribution in [2.45, 2.75) is 31.1 Å². The van der Waals surface area contributed by atoms with Crippen molar-refractivity contribution in [3.8, 4) is 17.4 Å². The SMILES string of the molecule is N#Cc1ccc(NC[C@H]2CC[C@@]3(COCCN(Cc4ccc(-c5ccccc5)o4)C3)O2)nc1. The van der Waals surface area contributed by atoms with E-state index in [1.165, 1.54) is 0 Å². The van der Waals surface area contributed by atoms with Crippen molar-refractivity contribution in [1.29, 1.82) is 5.26 Å². The number of nitrogens with one attached hydrogen (secondary N) is 1. The maximum Gasteiger partial charge on any atom is 0.134 e. The molecule has 7 nitrogen and oxygen atoms in total. The predicted octanol–water partition coefficient (Wildman–Crippen LogP) is 4.08. The Morgan fingerprint density at radius 1 is 1.15 bits per heavy atom. The number of ether oxygens (including phenoxy) is 2. The van der Waals surface area contributed by atoms with Crippen LogP contribution in [0.1, 0.15) is 24.2 Å². The number of benzene rings is 1. The highest BCUT2D eigenvalue weighted by Crippen LogP contribution is 2.34. The highest BCUT2D eigenvalue weighted by atomic mass is 16.6. The highest BCUT2D eigenvalue weighted by molar-refractivity contribution is 5.57. The second-order valence-electron chi connectivity index (χ2n) is 8.78. The van der Waals surface area contributed by atoms with Gasteiger partial charge in [0.1, 0.15) is 29.0 Å². The summed E-state index contributed by atoms with van der Waals surface area (Å²) in [4.78, 5) is 6.65. The van der Waals surface area contributed by atoms with Crippen molar-refractivity contribution in [3.63, 3.8) is 0 Å². The minimum absolute atomic E-state index is 0.0966. The van der Waals surface area contributed by atoms with Gasteiger partial charge in [0.2, 0.25) is 0 Å². The van der Waals surface area contributed by atoms with Crippen LogP contribution in [0.3, 0.4) is 0 Å². The molecule has 0 aliphatic carbocycles. The Labute approximate surface area is 193 Å². The summed E-state index contributed by atoms with van der Waals surface area (Å²) in [6.07, 6.45) is 3.61. The van der Waals surface area contributed by atoms with E-state index < -0.39 is 0 Å². The van der Waals surface area contributed by atoms with Gasteiger partial charge in [0.25, 0.3) is 0 Å². The van der Waals surface area contributed by atoms with Crippen molar-refractivity contribution in [3.05, 3.63) is 72.1 Å². The van der Waals surface area contributed by atoms with Gasteiger partial charge in [-0.2, -0.15) is 5.26 Å². The van der Waals surface area contributed by atoms with Gasteiger partial charge in [0.15, 0.2) is 0 Å². The second-order valence-corrected chi connectivity index (χ2v) is 8.78. The van der Waals surface area contributed by atoms with Crippen molar-refractivity contribution in [2.75, 3.05) is 38.2 Å². The van der Waals surface area contributed by atoms with Crippen LogP contribution < -0.4 is 5.32 Å². The molecule has 1 N–H and O–H groups in total. The van der Waals surface area contributed by atoms with E-state index >= 15 is 0 Å². The van der Waals surface area contributed by atoms with Gasteiger partial charge >= 0.3 is 0 Å². The minimum atomic E-state index is -0.296. The number of aromatic nitrogens is 1. The monoisotopic (exact) mass is 444 g/mol. The van der Waals surface area contributed by atoms with Crippen LogP contribution in [0.2, 0.25) is 0 Å². The van der Waals surface area contributed by atoms with Gasteiger partial charge in [-0.25, -0.2) is 4.98 Å². The normalized spacial score (nSPS) is 23.3. The van der Waals surface area contributed by atoms with Crippen molar-refractivity contribution in [2.24, 2.45) is 0 Å². The highest BCUT2D eigenvalue weighted by Gasteiger charge is 2.43. The molecule has 0 amide bonds. The molecule has 0 bridgehead atoms. The van der Waals surface area contributed by atoms with Gasteiger partial charge in [-0.3, -0.25) is 4.90 Å². The molecule has 1 spiro atoms. The molecular weight excluding hydrogens is 416 g/mol. The van der Waals surface area contributed by atoms with Crippen LogP contribution in [-0.2, 0) is 16.0 Å². The molecule has 4 heterocycles. The molecule has 170 valence electrons. The van der Waals surface area contributed by atoms with E-state index in [0.29, 0.717) is 25.3 Å². The van der Waals surface area contributed by atoms with Crippen LogP contribution in [0.15, 0.2) is 65.2 Å². The lowest BCUT2D eigenvalue weighted by molar-refractivity contribution is -0.0829. The summed E-state index contributed by atoms with van der Waals surface area (Å²) in [6, 6.07) is 20.0. The Kier molecular flexibility index (Phi) is 6.40. The average Bonchev–Trinajstić information content (AvgIpc) is 3.43. The number of nitrogens with zero attached hydrogens (tertiary/aromatic N) is 3. The third kappa shape index (κ3) is 5.25. The molecule has 0 radical (unpaired) electrons. The number of hydrogen-bond acceptors (Lipinski definition) is 7. The van der Waals surface area contributed by atoms with Crippen molar-refractivity contribution < 1.29 is 13.9 Å². The first-order chi connectivity index (χ1) is 16.2. The van der Waals surface area contributed by atoms with Crippen LogP contribution in [-0.4, -0.2) is 54.4 Å². The Bertz CT molecular complexity index is 1090. The zero-order valence-electron chi connectivity index (χ0n) is 18.6. The van der Waals surface area contributed by atoms with Crippen LogP contribution in [0.4, 0.5) is 5.82 Å². The van der Waals surface area contributed by atoms with Crippen LogP contribution in [0, 0.1) is 11.3 Å². The smallest absolute Gasteiger partial charge is 0.134 e. The first kappa shape index (κ1) is 21.7. The fraction of sp³-hybridized carbons (Fsp3) is 0.385. The third-order valence-electron chi connectivity index (χ3n) is 6.27. The van der Waals surface area contributed by atoms with Gasteiger partial charge < -0.3 is 19.2 Å². The lowest BCUT2D eigenvalue weighted by Gasteiger charge is -2.31. The summed E-state index contributed by atoms with van der Waals surface area (Å²) in [7, 11) is 0. The standard InChI is InChI=1S/C26H28N4O3/c27-14-20-6-9-25(28-15-20)29-16-22-10-11-26(33-22)18-30(12-13-31-19-26)17-23-7-8-24(32-23)21-4-2-1-3-5-21/h1-9,15,22H,10-13,16-19H2,(H,28,29)/t22-,26-/m1/s1. The van der Waals surface area contributed by atoms with Gasteiger partial charge in [-0.1, -0.05) is 30.3 Å². The Morgan fingerprint density at radius 2 is 2.06 bits per heavy atom. The van der Waals surface area contributed by atoms with Gasteiger partial charge in [0, 0.05) is 31.4 Å². The molecule has 2 saturated heterocycles.